The summed E-state index contributed by atoms with van der Waals surface area (Å²) in [5, 5.41) is 0. The van der Waals surface area contributed by atoms with Crippen LogP contribution in [-0.4, -0.2) is 10.7 Å². The Labute approximate surface area is 135 Å². The number of nitrogens with zero attached hydrogens (tertiary/aromatic N) is 1. The first-order valence-electron chi connectivity index (χ1n) is 8.39. The Bertz CT molecular complexity index is 750. The van der Waals surface area contributed by atoms with Gasteiger partial charge in [0, 0.05) is 6.20 Å². The van der Waals surface area contributed by atoms with Crippen molar-refractivity contribution in [2.75, 3.05) is 5.73 Å². The Hall–Kier alpha value is -2.07. The van der Waals surface area contributed by atoms with Crippen molar-refractivity contribution in [2.24, 2.45) is 0 Å². The van der Waals surface area contributed by atoms with Gasteiger partial charge in [0.25, 0.3) is 5.56 Å². The smallest absolute Gasteiger partial charge is 0.274 e. The summed E-state index contributed by atoms with van der Waals surface area (Å²) in [6.45, 7) is 0.592. The first-order valence-corrected chi connectivity index (χ1v) is 8.39. The second kappa shape index (κ2) is 5.85. The van der Waals surface area contributed by atoms with E-state index >= 15 is 0 Å². The van der Waals surface area contributed by atoms with E-state index < -0.39 is 0 Å². The molecule has 2 aromatic rings. The summed E-state index contributed by atoms with van der Waals surface area (Å²) in [6, 6.07) is 12.1. The number of ether oxygens (including phenoxy) is 1. The molecule has 0 radical (unpaired) electrons. The van der Waals surface area contributed by atoms with E-state index in [0.717, 1.165) is 18.4 Å². The van der Waals surface area contributed by atoms with E-state index in [9.17, 15) is 4.79 Å². The van der Waals surface area contributed by atoms with Gasteiger partial charge in [-0.25, -0.2) is 0 Å². The Kier molecular flexibility index (Phi) is 3.69. The monoisotopic (exact) mass is 310 g/mol. The lowest BCUT2D eigenvalue weighted by Crippen LogP contribution is -2.41. The van der Waals surface area contributed by atoms with Gasteiger partial charge in [-0.05, 0) is 48.8 Å². The Balaban J connectivity index is 1.50. The number of nitrogen functional groups attached to an aromatic ring is 1. The zero-order valence-corrected chi connectivity index (χ0v) is 13.2. The van der Waals surface area contributed by atoms with Crippen LogP contribution < -0.4 is 11.3 Å². The molecule has 2 saturated carbocycles. The van der Waals surface area contributed by atoms with Gasteiger partial charge in [-0.15, -0.1) is 0 Å². The van der Waals surface area contributed by atoms with Crippen molar-refractivity contribution in [3.8, 4) is 0 Å². The van der Waals surface area contributed by atoms with E-state index in [0.29, 0.717) is 18.2 Å². The highest BCUT2D eigenvalue weighted by molar-refractivity contribution is 5.40. The Morgan fingerprint density at radius 1 is 1.13 bits per heavy atom. The topological polar surface area (TPSA) is 57.2 Å². The number of anilines is 1. The predicted octanol–water partition coefficient (Wildman–Crippen LogP) is 3.23. The van der Waals surface area contributed by atoms with Crippen LogP contribution in [0.1, 0.15) is 48.8 Å². The molecule has 2 aliphatic rings. The van der Waals surface area contributed by atoms with Crippen LogP contribution in [0.15, 0.2) is 47.4 Å². The average molecular weight is 310 g/mol. The maximum absolute atomic E-state index is 12.4. The highest BCUT2D eigenvalue weighted by Gasteiger charge is 2.35. The Morgan fingerprint density at radius 2 is 1.91 bits per heavy atom. The first kappa shape index (κ1) is 14.5. The lowest BCUT2D eigenvalue weighted by atomic mass is 9.88. The molecule has 120 valence electrons. The van der Waals surface area contributed by atoms with E-state index in [1.807, 2.05) is 35.0 Å². The molecule has 0 spiro atoms. The summed E-state index contributed by atoms with van der Waals surface area (Å²) in [5.41, 5.74) is 8.60. The molecule has 23 heavy (non-hydrogen) atoms. The van der Waals surface area contributed by atoms with Crippen LogP contribution in [0.4, 0.5) is 5.69 Å². The lowest BCUT2D eigenvalue weighted by Gasteiger charge is -2.38. The number of benzene rings is 1. The lowest BCUT2D eigenvalue weighted by molar-refractivity contribution is -0.0503. The molecule has 4 nitrogen and oxygen atoms in total. The standard InChI is InChI=1S/C19H22N2O2/c20-16-10-15(14-6-7-14)11-21(19(16)22)17-8-9-18(17)23-12-13-4-2-1-3-5-13/h1-5,10-11,14,17-18H,6-9,12,20H2/t17-,18?/m1/s1. The fourth-order valence-electron chi connectivity index (χ4n) is 3.28. The highest BCUT2D eigenvalue weighted by Crippen LogP contribution is 2.41. The van der Waals surface area contributed by atoms with Gasteiger partial charge in [-0.3, -0.25) is 4.79 Å². The van der Waals surface area contributed by atoms with Crippen LogP contribution in [0, 0.1) is 0 Å². The molecule has 2 atom stereocenters. The highest BCUT2D eigenvalue weighted by atomic mass is 16.5. The molecule has 0 saturated heterocycles. The predicted molar refractivity (Wildman–Crippen MR) is 90.4 cm³/mol. The summed E-state index contributed by atoms with van der Waals surface area (Å²) in [7, 11) is 0. The third-order valence-electron chi connectivity index (χ3n) is 4.98. The van der Waals surface area contributed by atoms with E-state index in [-0.39, 0.29) is 17.7 Å². The van der Waals surface area contributed by atoms with Gasteiger partial charge in [0.2, 0.25) is 0 Å². The number of pyridine rings is 1. The van der Waals surface area contributed by atoms with Crippen molar-refractivity contribution >= 4 is 5.69 Å². The van der Waals surface area contributed by atoms with Crippen molar-refractivity contribution < 1.29 is 4.74 Å². The molecule has 1 heterocycles. The summed E-state index contributed by atoms with van der Waals surface area (Å²) in [6.07, 6.45) is 6.50. The zero-order chi connectivity index (χ0) is 15.8. The van der Waals surface area contributed by atoms with Gasteiger partial charge < -0.3 is 15.0 Å². The minimum Gasteiger partial charge on any atom is -0.394 e. The molecule has 0 bridgehead atoms. The molecule has 1 aromatic carbocycles. The molecule has 4 heteroatoms. The molecular weight excluding hydrogens is 288 g/mol. The summed E-state index contributed by atoms with van der Waals surface area (Å²) in [4.78, 5) is 12.4. The van der Waals surface area contributed by atoms with E-state index in [1.54, 1.807) is 0 Å². The van der Waals surface area contributed by atoms with Gasteiger partial charge in [-0.2, -0.15) is 0 Å². The van der Waals surface area contributed by atoms with Crippen LogP contribution in [0.5, 0.6) is 0 Å². The molecule has 2 aliphatic carbocycles. The minimum atomic E-state index is -0.0765. The molecule has 0 amide bonds. The third-order valence-corrected chi connectivity index (χ3v) is 4.98. The van der Waals surface area contributed by atoms with Crippen molar-refractivity contribution in [1.82, 2.24) is 4.57 Å². The second-order valence-electron chi connectivity index (χ2n) is 6.70. The van der Waals surface area contributed by atoms with Crippen molar-refractivity contribution in [2.45, 2.75) is 50.4 Å². The third kappa shape index (κ3) is 2.91. The van der Waals surface area contributed by atoms with Crippen LogP contribution in [0.3, 0.4) is 0 Å². The quantitative estimate of drug-likeness (QED) is 0.922. The maximum atomic E-state index is 12.4. The summed E-state index contributed by atoms with van der Waals surface area (Å²) < 4.78 is 7.86. The van der Waals surface area contributed by atoms with Crippen molar-refractivity contribution in [3.63, 3.8) is 0 Å². The Morgan fingerprint density at radius 3 is 2.57 bits per heavy atom. The fraction of sp³-hybridized carbons (Fsp3) is 0.421. The normalized spacial score (nSPS) is 23.5. The summed E-state index contributed by atoms with van der Waals surface area (Å²) >= 11 is 0. The van der Waals surface area contributed by atoms with Gasteiger partial charge in [0.15, 0.2) is 0 Å². The maximum Gasteiger partial charge on any atom is 0.274 e. The molecule has 2 N–H and O–H groups in total. The van der Waals surface area contributed by atoms with E-state index in [2.05, 4.69) is 12.1 Å². The molecule has 1 unspecified atom stereocenters. The van der Waals surface area contributed by atoms with Crippen LogP contribution in [0.25, 0.3) is 0 Å². The average Bonchev–Trinajstić information content (AvgIpc) is 3.36. The number of hydrogen-bond acceptors (Lipinski definition) is 3. The van der Waals surface area contributed by atoms with Crippen LogP contribution in [-0.2, 0) is 11.3 Å². The number of aromatic nitrogens is 1. The number of hydrogen-bond donors (Lipinski definition) is 1. The van der Waals surface area contributed by atoms with Crippen molar-refractivity contribution in [3.05, 3.63) is 64.1 Å². The molecule has 0 aliphatic heterocycles. The largest absolute Gasteiger partial charge is 0.394 e. The zero-order valence-electron chi connectivity index (χ0n) is 13.2. The van der Waals surface area contributed by atoms with Gasteiger partial charge in [0.1, 0.15) is 0 Å². The van der Waals surface area contributed by atoms with E-state index in [4.69, 9.17) is 10.5 Å². The van der Waals surface area contributed by atoms with Gasteiger partial charge >= 0.3 is 0 Å². The van der Waals surface area contributed by atoms with Crippen molar-refractivity contribution in [1.29, 1.82) is 0 Å². The minimum absolute atomic E-state index is 0.0765. The second-order valence-corrected chi connectivity index (χ2v) is 6.70. The fourth-order valence-corrected chi connectivity index (χ4v) is 3.28. The SMILES string of the molecule is Nc1cc(C2CC2)cn([C@@H]2CCC2OCc2ccccc2)c1=O. The molecule has 2 fully saturated rings. The molecular formula is C19H22N2O2. The first-order chi connectivity index (χ1) is 11.2. The van der Waals surface area contributed by atoms with E-state index in [1.165, 1.54) is 18.4 Å². The summed E-state index contributed by atoms with van der Waals surface area (Å²) in [5.74, 6) is 0.591. The van der Waals surface area contributed by atoms with Gasteiger partial charge in [0.05, 0.1) is 24.4 Å². The van der Waals surface area contributed by atoms with Crippen LogP contribution >= 0.6 is 0 Å². The molecule has 1 aromatic heterocycles. The number of nitrogens with two attached hydrogens (primary N) is 1. The number of rotatable bonds is 5. The van der Waals surface area contributed by atoms with Gasteiger partial charge in [-0.1, -0.05) is 30.3 Å². The van der Waals surface area contributed by atoms with Crippen LogP contribution in [0.2, 0.25) is 0 Å². The molecule has 4 rings (SSSR count).